The highest BCUT2D eigenvalue weighted by atomic mass is 16.3. The third kappa shape index (κ3) is 3.88. The Bertz CT molecular complexity index is 1320. The summed E-state index contributed by atoms with van der Waals surface area (Å²) in [6.45, 7) is 1.74. The minimum atomic E-state index is -1.04. The van der Waals surface area contributed by atoms with Crippen molar-refractivity contribution >= 4 is 22.7 Å². The van der Waals surface area contributed by atoms with Crippen molar-refractivity contribution in [1.29, 1.82) is 5.26 Å². The van der Waals surface area contributed by atoms with Crippen LogP contribution in [0.2, 0.25) is 0 Å². The van der Waals surface area contributed by atoms with E-state index in [0.717, 1.165) is 31.4 Å². The molecule has 2 heterocycles. The Morgan fingerprint density at radius 2 is 2.12 bits per heavy atom. The molecule has 2 aromatic heterocycles. The molecule has 3 N–H and O–H groups in total. The molecule has 3 atom stereocenters. The van der Waals surface area contributed by atoms with Gasteiger partial charge in [0.25, 0.3) is 5.56 Å². The van der Waals surface area contributed by atoms with Crippen molar-refractivity contribution in [3.63, 3.8) is 0 Å². The van der Waals surface area contributed by atoms with Crippen LogP contribution in [0.1, 0.15) is 55.3 Å². The largest absolute Gasteiger partial charge is 0.388 e. The van der Waals surface area contributed by atoms with Crippen molar-refractivity contribution in [2.45, 2.75) is 63.1 Å². The molecule has 2 aliphatic rings. The van der Waals surface area contributed by atoms with Crippen LogP contribution in [0.15, 0.2) is 35.3 Å². The van der Waals surface area contributed by atoms with E-state index in [0.29, 0.717) is 35.9 Å². The highest BCUT2D eigenvalue weighted by Crippen LogP contribution is 2.39. The lowest BCUT2D eigenvalue weighted by atomic mass is 9.88. The van der Waals surface area contributed by atoms with E-state index >= 15 is 0 Å². The van der Waals surface area contributed by atoms with Crippen LogP contribution in [0.25, 0.3) is 11.0 Å². The highest BCUT2D eigenvalue weighted by molar-refractivity contribution is 5.77. The molecule has 5 rings (SSSR count). The van der Waals surface area contributed by atoms with Gasteiger partial charge in [-0.1, -0.05) is 6.07 Å². The van der Waals surface area contributed by atoms with Gasteiger partial charge in [-0.3, -0.25) is 9.36 Å². The highest BCUT2D eigenvalue weighted by Gasteiger charge is 2.39. The van der Waals surface area contributed by atoms with E-state index in [-0.39, 0.29) is 5.56 Å². The molecule has 0 saturated heterocycles. The van der Waals surface area contributed by atoms with Gasteiger partial charge in [-0.25, -0.2) is 4.98 Å². The van der Waals surface area contributed by atoms with Gasteiger partial charge in [-0.05, 0) is 81.8 Å². The second-order valence-corrected chi connectivity index (χ2v) is 9.42. The number of aryl methyl sites for hydroxylation is 1. The van der Waals surface area contributed by atoms with Crippen LogP contribution < -0.4 is 16.2 Å². The van der Waals surface area contributed by atoms with E-state index in [2.05, 4.69) is 32.7 Å². The molecule has 170 valence electrons. The maximum absolute atomic E-state index is 13.1. The summed E-state index contributed by atoms with van der Waals surface area (Å²) in [6.07, 6.45) is 6.86. The number of fused-ring (bicyclic) bond motifs is 2. The number of benzene rings is 1. The molecule has 3 aromatic rings. The molecule has 0 amide bonds. The number of nitriles is 1. The third-order valence-corrected chi connectivity index (χ3v) is 7.18. The Hall–Kier alpha value is -3.28. The average Bonchev–Trinajstić information content (AvgIpc) is 3.16. The van der Waals surface area contributed by atoms with Crippen LogP contribution in [-0.4, -0.2) is 38.3 Å². The quantitative estimate of drug-likeness (QED) is 0.566. The Balaban J connectivity index is 1.56. The lowest BCUT2D eigenvalue weighted by Gasteiger charge is -2.28. The molecule has 0 radical (unpaired) electrons. The molecule has 1 aromatic carbocycles. The first-order valence-electron chi connectivity index (χ1n) is 11.5. The monoisotopic (exact) mass is 444 g/mol. The van der Waals surface area contributed by atoms with E-state index in [9.17, 15) is 15.2 Å². The average molecular weight is 445 g/mol. The number of hydrogen-bond donors (Lipinski definition) is 3. The fourth-order valence-electron chi connectivity index (χ4n) is 5.30. The molecular weight excluding hydrogens is 416 g/mol. The zero-order chi connectivity index (χ0) is 23.2. The van der Waals surface area contributed by atoms with Crippen molar-refractivity contribution in [3.8, 4) is 6.07 Å². The molecule has 1 fully saturated rings. The molecular formula is C25H28N6O2. The number of nitrogens with zero attached hydrogens (tertiary/aromatic N) is 4. The zero-order valence-electron chi connectivity index (χ0n) is 18.9. The van der Waals surface area contributed by atoms with Crippen molar-refractivity contribution in [3.05, 3.63) is 57.5 Å². The van der Waals surface area contributed by atoms with Gasteiger partial charge in [-0.2, -0.15) is 10.2 Å². The molecule has 0 aliphatic heterocycles. The Kier molecular flexibility index (Phi) is 5.39. The van der Waals surface area contributed by atoms with Gasteiger partial charge < -0.3 is 15.7 Å². The van der Waals surface area contributed by atoms with Gasteiger partial charge in [0.1, 0.15) is 17.3 Å². The maximum atomic E-state index is 13.1. The van der Waals surface area contributed by atoms with Gasteiger partial charge in [0, 0.05) is 23.3 Å². The normalized spacial score (nSPS) is 24.4. The van der Waals surface area contributed by atoms with E-state index in [1.54, 1.807) is 13.1 Å². The standard InChI is InChI=1S/C25H28N6O2/c1-25(33)9-3-4-21(25)31-22-18(10-17(13-26)23(31)32)14-28-24(30-22)29-20-8-6-15-5-7-19(27-2)11-16(15)12-20/h6,8,10,12,14,19,21,27,33H,3-5,7,9,11H2,1-2H3,(H,28,29,30). The number of hydrogen-bond acceptors (Lipinski definition) is 7. The lowest BCUT2D eigenvalue weighted by Crippen LogP contribution is -2.38. The number of rotatable bonds is 4. The lowest BCUT2D eigenvalue weighted by molar-refractivity contribution is 0.0266. The van der Waals surface area contributed by atoms with Gasteiger partial charge in [0.2, 0.25) is 5.95 Å². The summed E-state index contributed by atoms with van der Waals surface area (Å²) < 4.78 is 1.50. The maximum Gasteiger partial charge on any atom is 0.270 e. The summed E-state index contributed by atoms with van der Waals surface area (Å²) >= 11 is 0. The van der Waals surface area contributed by atoms with E-state index in [1.807, 2.05) is 19.2 Å². The summed E-state index contributed by atoms with van der Waals surface area (Å²) in [5, 5.41) is 27.6. The fourth-order valence-corrected chi connectivity index (χ4v) is 5.30. The van der Waals surface area contributed by atoms with Crippen molar-refractivity contribution in [2.75, 3.05) is 12.4 Å². The van der Waals surface area contributed by atoms with E-state index in [1.165, 1.54) is 21.8 Å². The number of pyridine rings is 1. The summed E-state index contributed by atoms with van der Waals surface area (Å²) in [5.74, 6) is 0.374. The van der Waals surface area contributed by atoms with Crippen LogP contribution in [0.5, 0.6) is 0 Å². The molecule has 33 heavy (non-hydrogen) atoms. The number of aliphatic hydroxyl groups is 1. The summed E-state index contributed by atoms with van der Waals surface area (Å²) in [7, 11) is 2.00. The smallest absolute Gasteiger partial charge is 0.270 e. The molecule has 0 spiro atoms. The minimum absolute atomic E-state index is 0.0308. The predicted molar refractivity (Wildman–Crippen MR) is 127 cm³/mol. The number of likely N-dealkylation sites (N-methyl/N-ethyl adjacent to an activating group) is 1. The first kappa shape index (κ1) is 21.6. The SMILES string of the molecule is CNC1CCc2ccc(Nc3ncc4cc(C#N)c(=O)n(C5CCCC5(C)O)c4n3)cc2C1. The predicted octanol–water partition coefficient (Wildman–Crippen LogP) is 2.96. The molecule has 8 nitrogen and oxygen atoms in total. The van der Waals surface area contributed by atoms with Crippen LogP contribution in [0.4, 0.5) is 11.6 Å². The molecule has 0 bridgehead atoms. The zero-order valence-corrected chi connectivity index (χ0v) is 18.9. The van der Waals surface area contributed by atoms with Gasteiger partial charge in [0.15, 0.2) is 0 Å². The summed E-state index contributed by atoms with van der Waals surface area (Å²) in [4.78, 5) is 22.2. The molecule has 2 aliphatic carbocycles. The Morgan fingerprint density at radius 1 is 1.27 bits per heavy atom. The minimum Gasteiger partial charge on any atom is -0.388 e. The third-order valence-electron chi connectivity index (χ3n) is 7.18. The van der Waals surface area contributed by atoms with Crippen molar-refractivity contribution in [2.24, 2.45) is 0 Å². The first-order chi connectivity index (χ1) is 15.9. The van der Waals surface area contributed by atoms with E-state index in [4.69, 9.17) is 0 Å². The number of anilines is 2. The van der Waals surface area contributed by atoms with Gasteiger partial charge >= 0.3 is 0 Å². The summed E-state index contributed by atoms with van der Waals surface area (Å²) in [6, 6.07) is 9.86. The molecule has 1 saturated carbocycles. The molecule has 3 unspecified atom stereocenters. The molecule has 8 heteroatoms. The fraction of sp³-hybridized carbons (Fsp3) is 0.440. The first-order valence-corrected chi connectivity index (χ1v) is 11.5. The van der Waals surface area contributed by atoms with Crippen LogP contribution >= 0.6 is 0 Å². The van der Waals surface area contributed by atoms with E-state index < -0.39 is 17.2 Å². The summed E-state index contributed by atoms with van der Waals surface area (Å²) in [5.41, 5.74) is 2.57. The van der Waals surface area contributed by atoms with Crippen LogP contribution in [0.3, 0.4) is 0 Å². The Morgan fingerprint density at radius 3 is 2.85 bits per heavy atom. The van der Waals surface area contributed by atoms with Gasteiger partial charge in [-0.15, -0.1) is 0 Å². The topological polar surface area (TPSA) is 116 Å². The van der Waals surface area contributed by atoms with Crippen LogP contribution in [0, 0.1) is 11.3 Å². The number of nitrogens with one attached hydrogen (secondary N) is 2. The van der Waals surface area contributed by atoms with Crippen LogP contribution in [-0.2, 0) is 12.8 Å². The second kappa shape index (κ2) is 8.25. The second-order valence-electron chi connectivity index (χ2n) is 9.42. The Labute approximate surface area is 192 Å². The number of aromatic nitrogens is 3. The van der Waals surface area contributed by atoms with Gasteiger partial charge in [0.05, 0.1) is 11.6 Å². The van der Waals surface area contributed by atoms with Crippen molar-refractivity contribution in [1.82, 2.24) is 19.9 Å². The van der Waals surface area contributed by atoms with Crippen molar-refractivity contribution < 1.29 is 5.11 Å².